The summed E-state index contributed by atoms with van der Waals surface area (Å²) in [6, 6.07) is 33.1. The summed E-state index contributed by atoms with van der Waals surface area (Å²) in [6.07, 6.45) is 3.29. The van der Waals surface area contributed by atoms with Crippen LogP contribution in [0, 0.1) is 11.3 Å². The number of nitriles is 1. The molecule has 1 atom stereocenters. The van der Waals surface area contributed by atoms with Gasteiger partial charge in [-0.05, 0) is 17.7 Å². The number of nitrogens with zero attached hydrogens (tertiary/aromatic N) is 5. The predicted octanol–water partition coefficient (Wildman–Crippen LogP) is 5.82. The number of benzene rings is 3. The van der Waals surface area contributed by atoms with Gasteiger partial charge in [-0.1, -0.05) is 78.9 Å². The lowest BCUT2D eigenvalue weighted by Crippen LogP contribution is -2.18. The van der Waals surface area contributed by atoms with Gasteiger partial charge in [-0.15, -0.1) is 0 Å². The largest absolute Gasteiger partial charge is 0.271 e. The van der Waals surface area contributed by atoms with Gasteiger partial charge in [0.25, 0.3) is 0 Å². The monoisotopic (exact) mass is 417 g/mol. The van der Waals surface area contributed by atoms with Crippen molar-refractivity contribution in [3.05, 3.63) is 108 Å². The van der Waals surface area contributed by atoms with Gasteiger partial charge in [-0.25, -0.2) is 0 Å². The van der Waals surface area contributed by atoms with Crippen molar-refractivity contribution < 1.29 is 0 Å². The molecule has 1 aliphatic heterocycles. The van der Waals surface area contributed by atoms with Gasteiger partial charge in [0.05, 0.1) is 42.2 Å². The summed E-state index contributed by atoms with van der Waals surface area (Å²) >= 11 is 0. The van der Waals surface area contributed by atoms with E-state index in [0.717, 1.165) is 40.2 Å². The molecule has 1 aromatic heterocycles. The fraction of sp³-hybridized carbons (Fsp3) is 0.148. The summed E-state index contributed by atoms with van der Waals surface area (Å²) in [6.45, 7) is 0.570. The van der Waals surface area contributed by atoms with Crippen molar-refractivity contribution in [2.24, 2.45) is 5.10 Å². The smallest absolute Gasteiger partial charge is 0.0976 e. The molecule has 0 radical (unpaired) electrons. The van der Waals surface area contributed by atoms with Crippen LogP contribution in [0.4, 0.5) is 5.69 Å². The molecule has 4 aromatic rings. The number of hydrazone groups is 1. The summed E-state index contributed by atoms with van der Waals surface area (Å²) in [7, 11) is 0. The Morgan fingerprint density at radius 2 is 1.47 bits per heavy atom. The van der Waals surface area contributed by atoms with Crippen molar-refractivity contribution in [3.63, 3.8) is 0 Å². The topological polar surface area (TPSA) is 57.2 Å². The Labute approximate surface area is 187 Å². The second kappa shape index (κ2) is 8.91. The zero-order valence-corrected chi connectivity index (χ0v) is 17.7. The molecule has 5 nitrogen and oxygen atoms in total. The van der Waals surface area contributed by atoms with Gasteiger partial charge in [-0.2, -0.15) is 15.5 Å². The molecule has 156 valence electrons. The van der Waals surface area contributed by atoms with E-state index in [2.05, 4.69) is 53.7 Å². The Balaban J connectivity index is 1.61. The van der Waals surface area contributed by atoms with E-state index < -0.39 is 0 Å². The molecule has 0 aliphatic carbocycles. The first-order valence-corrected chi connectivity index (χ1v) is 10.8. The average Bonchev–Trinajstić information content (AvgIpc) is 3.49. The maximum atomic E-state index is 9.07. The highest BCUT2D eigenvalue weighted by molar-refractivity contribution is 6.03. The van der Waals surface area contributed by atoms with Gasteiger partial charge in [0.1, 0.15) is 0 Å². The standard InChI is InChI=1S/C27H23N5/c28-17-10-18-31-20-24(27(30-31)22-13-6-2-7-14-22)26-19-25(21-11-4-1-5-12-21)29-32(26)23-15-8-3-9-16-23/h1-9,11-16,20,26H,10,18-19H2/t26-/m0/s1. The Bertz CT molecular complexity index is 1250. The van der Waals surface area contributed by atoms with Gasteiger partial charge in [0.2, 0.25) is 0 Å². The maximum absolute atomic E-state index is 9.07. The normalized spacial score (nSPS) is 15.4. The molecule has 0 unspecified atom stereocenters. The highest BCUT2D eigenvalue weighted by Gasteiger charge is 2.33. The zero-order valence-electron chi connectivity index (χ0n) is 17.7. The molecular weight excluding hydrogens is 394 g/mol. The van der Waals surface area contributed by atoms with Crippen molar-refractivity contribution in [1.29, 1.82) is 5.26 Å². The molecule has 0 bridgehead atoms. The molecule has 1 aliphatic rings. The third-order valence-corrected chi connectivity index (χ3v) is 5.69. The van der Waals surface area contributed by atoms with Crippen molar-refractivity contribution in [2.75, 3.05) is 5.01 Å². The van der Waals surface area contributed by atoms with E-state index in [1.807, 2.05) is 59.3 Å². The maximum Gasteiger partial charge on any atom is 0.0976 e. The Hall–Kier alpha value is -4.17. The average molecular weight is 418 g/mol. The van der Waals surface area contributed by atoms with Crippen molar-refractivity contribution in [1.82, 2.24) is 9.78 Å². The fourth-order valence-corrected chi connectivity index (χ4v) is 4.16. The summed E-state index contributed by atoms with van der Waals surface area (Å²) in [5.41, 5.74) is 6.37. The van der Waals surface area contributed by atoms with Gasteiger partial charge < -0.3 is 0 Å². The van der Waals surface area contributed by atoms with Crippen LogP contribution in [0.25, 0.3) is 11.3 Å². The second-order valence-electron chi connectivity index (χ2n) is 7.78. The molecule has 5 rings (SSSR count). The number of aromatic nitrogens is 2. The lowest BCUT2D eigenvalue weighted by Gasteiger charge is -2.23. The third kappa shape index (κ3) is 3.91. The SMILES string of the molecule is N#CCCn1cc([C@@H]2CC(c3ccccc3)=NN2c2ccccc2)c(-c2ccccc2)n1. The summed E-state index contributed by atoms with van der Waals surface area (Å²) in [4.78, 5) is 0. The Morgan fingerprint density at radius 3 is 2.12 bits per heavy atom. The van der Waals surface area contributed by atoms with E-state index in [1.165, 1.54) is 0 Å². The first kappa shape index (κ1) is 19.8. The molecule has 32 heavy (non-hydrogen) atoms. The molecule has 0 N–H and O–H groups in total. The molecule has 0 amide bonds. The van der Waals surface area contributed by atoms with Gasteiger partial charge in [0.15, 0.2) is 0 Å². The van der Waals surface area contributed by atoms with Crippen LogP contribution in [-0.2, 0) is 6.54 Å². The number of hydrogen-bond donors (Lipinski definition) is 0. The minimum atomic E-state index is 0.0126. The van der Waals surface area contributed by atoms with Crippen LogP contribution in [0.15, 0.2) is 102 Å². The predicted molar refractivity (Wildman–Crippen MR) is 127 cm³/mol. The molecule has 0 saturated carbocycles. The molecule has 0 fully saturated rings. The molecule has 2 heterocycles. The van der Waals surface area contributed by atoms with E-state index in [1.54, 1.807) is 0 Å². The summed E-state index contributed by atoms with van der Waals surface area (Å²) in [5.74, 6) is 0. The third-order valence-electron chi connectivity index (χ3n) is 5.69. The summed E-state index contributed by atoms with van der Waals surface area (Å²) in [5, 5.41) is 21.1. The van der Waals surface area contributed by atoms with Crippen LogP contribution in [-0.4, -0.2) is 15.5 Å². The lowest BCUT2D eigenvalue weighted by atomic mass is 9.96. The van der Waals surface area contributed by atoms with E-state index >= 15 is 0 Å². The van der Waals surface area contributed by atoms with Gasteiger partial charge >= 0.3 is 0 Å². The van der Waals surface area contributed by atoms with Crippen LogP contribution in [0.5, 0.6) is 0 Å². The minimum Gasteiger partial charge on any atom is -0.271 e. The minimum absolute atomic E-state index is 0.0126. The first-order chi connectivity index (χ1) is 15.8. The Kier molecular flexibility index (Phi) is 5.50. The number of anilines is 1. The fourth-order valence-electron chi connectivity index (χ4n) is 4.16. The van der Waals surface area contributed by atoms with Gasteiger partial charge in [0, 0.05) is 23.7 Å². The number of para-hydroxylation sites is 1. The van der Waals surface area contributed by atoms with Crippen LogP contribution >= 0.6 is 0 Å². The van der Waals surface area contributed by atoms with Crippen molar-refractivity contribution in [2.45, 2.75) is 25.4 Å². The molecule has 0 spiro atoms. The van der Waals surface area contributed by atoms with E-state index in [0.29, 0.717) is 13.0 Å². The summed E-state index contributed by atoms with van der Waals surface area (Å²) < 4.78 is 1.89. The Morgan fingerprint density at radius 1 is 0.844 bits per heavy atom. The molecular formula is C27H23N5. The van der Waals surface area contributed by atoms with Crippen molar-refractivity contribution >= 4 is 11.4 Å². The molecule has 3 aromatic carbocycles. The highest BCUT2D eigenvalue weighted by atomic mass is 15.5. The molecule has 5 heteroatoms. The zero-order chi connectivity index (χ0) is 21.8. The van der Waals surface area contributed by atoms with Crippen LogP contribution < -0.4 is 5.01 Å². The van der Waals surface area contributed by atoms with Gasteiger partial charge in [-0.3, -0.25) is 9.69 Å². The second-order valence-corrected chi connectivity index (χ2v) is 7.78. The number of hydrogen-bond acceptors (Lipinski definition) is 4. The van der Waals surface area contributed by atoms with E-state index in [-0.39, 0.29) is 6.04 Å². The van der Waals surface area contributed by atoms with Crippen molar-refractivity contribution in [3.8, 4) is 17.3 Å². The lowest BCUT2D eigenvalue weighted by molar-refractivity contribution is 0.626. The number of rotatable bonds is 6. The highest BCUT2D eigenvalue weighted by Crippen LogP contribution is 2.40. The molecule has 0 saturated heterocycles. The van der Waals surface area contributed by atoms with E-state index in [4.69, 9.17) is 15.5 Å². The van der Waals surface area contributed by atoms with Crippen LogP contribution in [0.3, 0.4) is 0 Å². The number of aryl methyl sites for hydroxylation is 1. The van der Waals surface area contributed by atoms with Crippen LogP contribution in [0.1, 0.15) is 30.0 Å². The van der Waals surface area contributed by atoms with E-state index in [9.17, 15) is 0 Å². The quantitative estimate of drug-likeness (QED) is 0.397. The van der Waals surface area contributed by atoms with Crippen LogP contribution in [0.2, 0.25) is 0 Å². The first-order valence-electron chi connectivity index (χ1n) is 10.8.